The molecule has 0 aliphatic rings. The van der Waals surface area contributed by atoms with Crippen LogP contribution in [0.15, 0.2) is 91.0 Å². The summed E-state index contributed by atoms with van der Waals surface area (Å²) in [6, 6.07) is 29.1. The average molecular weight is 409 g/mol. The van der Waals surface area contributed by atoms with E-state index in [2.05, 4.69) is 20.6 Å². The number of benzene rings is 3. The van der Waals surface area contributed by atoms with Gasteiger partial charge in [-0.05, 0) is 55.3 Å². The summed E-state index contributed by atoms with van der Waals surface area (Å²) in [5.74, 6) is 0.0992. The molecule has 31 heavy (non-hydrogen) atoms. The van der Waals surface area contributed by atoms with Gasteiger partial charge in [0, 0.05) is 22.8 Å². The van der Waals surface area contributed by atoms with Crippen molar-refractivity contribution < 1.29 is 4.79 Å². The van der Waals surface area contributed by atoms with Gasteiger partial charge in [0.25, 0.3) is 0 Å². The van der Waals surface area contributed by atoms with Crippen LogP contribution in [0.3, 0.4) is 0 Å². The van der Waals surface area contributed by atoms with E-state index in [4.69, 9.17) is 0 Å². The zero-order valence-electron chi connectivity index (χ0n) is 17.5. The van der Waals surface area contributed by atoms with Crippen LogP contribution in [-0.4, -0.2) is 15.9 Å². The highest BCUT2D eigenvalue weighted by molar-refractivity contribution is 5.98. The first-order valence-electron chi connectivity index (χ1n) is 10.2. The molecule has 3 aromatic carbocycles. The molecule has 0 aliphatic carbocycles. The van der Waals surface area contributed by atoms with Crippen molar-refractivity contribution in [1.29, 1.82) is 0 Å². The van der Waals surface area contributed by atoms with E-state index >= 15 is 0 Å². The lowest BCUT2D eigenvalue weighted by Crippen LogP contribution is -2.22. The van der Waals surface area contributed by atoms with Crippen LogP contribution >= 0.6 is 0 Å². The summed E-state index contributed by atoms with van der Waals surface area (Å²) >= 11 is 0. The SMILES string of the molecule is Cc1cc(C)nc(Nc2ccc(NC(=O)C(c3ccccc3)c3ccccc3)cc2)n1. The predicted molar refractivity (Wildman–Crippen MR) is 125 cm³/mol. The fourth-order valence-corrected chi connectivity index (χ4v) is 3.55. The van der Waals surface area contributed by atoms with Crippen molar-refractivity contribution in [2.24, 2.45) is 0 Å². The Hall–Kier alpha value is -3.99. The number of nitrogens with one attached hydrogen (secondary N) is 2. The fraction of sp³-hybridized carbons (Fsp3) is 0.115. The Morgan fingerprint density at radius 1 is 0.710 bits per heavy atom. The Balaban J connectivity index is 1.51. The minimum absolute atomic E-state index is 0.0734. The van der Waals surface area contributed by atoms with Crippen molar-refractivity contribution in [1.82, 2.24) is 9.97 Å². The second-order valence-electron chi connectivity index (χ2n) is 7.42. The van der Waals surface area contributed by atoms with E-state index in [1.165, 1.54) is 0 Å². The van der Waals surface area contributed by atoms with Crippen LogP contribution in [0.2, 0.25) is 0 Å². The number of rotatable bonds is 6. The Morgan fingerprint density at radius 2 is 1.19 bits per heavy atom. The van der Waals surface area contributed by atoms with E-state index in [1.807, 2.05) is 105 Å². The number of hydrogen-bond donors (Lipinski definition) is 2. The summed E-state index contributed by atoms with van der Waals surface area (Å²) < 4.78 is 0. The van der Waals surface area contributed by atoms with Crippen LogP contribution in [0.25, 0.3) is 0 Å². The maximum absolute atomic E-state index is 13.2. The Labute approximate surface area is 182 Å². The summed E-state index contributed by atoms with van der Waals surface area (Å²) in [5.41, 5.74) is 5.31. The van der Waals surface area contributed by atoms with Gasteiger partial charge in [-0.3, -0.25) is 4.79 Å². The third-order valence-corrected chi connectivity index (χ3v) is 4.92. The zero-order valence-corrected chi connectivity index (χ0v) is 17.5. The molecule has 0 bridgehead atoms. The molecule has 5 heteroatoms. The first kappa shape index (κ1) is 20.3. The first-order chi connectivity index (χ1) is 15.1. The van der Waals surface area contributed by atoms with Gasteiger partial charge in [-0.2, -0.15) is 0 Å². The monoisotopic (exact) mass is 408 g/mol. The van der Waals surface area contributed by atoms with Gasteiger partial charge in [0.2, 0.25) is 11.9 Å². The molecule has 0 radical (unpaired) electrons. The maximum Gasteiger partial charge on any atom is 0.236 e. The van der Waals surface area contributed by atoms with Gasteiger partial charge < -0.3 is 10.6 Å². The topological polar surface area (TPSA) is 66.9 Å². The van der Waals surface area contributed by atoms with E-state index < -0.39 is 0 Å². The highest BCUT2D eigenvalue weighted by Crippen LogP contribution is 2.27. The number of aryl methyl sites for hydroxylation is 2. The average Bonchev–Trinajstić information content (AvgIpc) is 2.76. The highest BCUT2D eigenvalue weighted by atomic mass is 16.1. The summed E-state index contributed by atoms with van der Waals surface area (Å²) in [6.07, 6.45) is 0. The van der Waals surface area contributed by atoms with Gasteiger partial charge in [0.05, 0.1) is 5.92 Å². The molecule has 154 valence electrons. The van der Waals surface area contributed by atoms with Crippen molar-refractivity contribution in [3.63, 3.8) is 0 Å². The number of amides is 1. The number of anilines is 3. The molecule has 0 saturated heterocycles. The molecule has 5 nitrogen and oxygen atoms in total. The van der Waals surface area contributed by atoms with Crippen LogP contribution in [0.1, 0.15) is 28.4 Å². The summed E-state index contributed by atoms with van der Waals surface area (Å²) in [4.78, 5) is 22.0. The van der Waals surface area contributed by atoms with Gasteiger partial charge in [-0.25, -0.2) is 9.97 Å². The second kappa shape index (κ2) is 9.22. The molecule has 0 atom stereocenters. The van der Waals surface area contributed by atoms with Crippen molar-refractivity contribution in [2.75, 3.05) is 10.6 Å². The van der Waals surface area contributed by atoms with E-state index in [-0.39, 0.29) is 11.8 Å². The van der Waals surface area contributed by atoms with E-state index in [9.17, 15) is 4.79 Å². The lowest BCUT2D eigenvalue weighted by Gasteiger charge is -2.18. The lowest BCUT2D eigenvalue weighted by atomic mass is 9.90. The van der Waals surface area contributed by atoms with Gasteiger partial charge in [-0.15, -0.1) is 0 Å². The Kier molecular flexibility index (Phi) is 6.03. The molecule has 0 unspecified atom stereocenters. The number of aromatic nitrogens is 2. The van der Waals surface area contributed by atoms with Crippen LogP contribution in [-0.2, 0) is 4.79 Å². The zero-order chi connectivity index (χ0) is 21.6. The number of nitrogens with zero attached hydrogens (tertiary/aromatic N) is 2. The molecular formula is C26H24N4O. The van der Waals surface area contributed by atoms with Crippen molar-refractivity contribution >= 4 is 23.2 Å². The predicted octanol–water partition coefficient (Wildman–Crippen LogP) is 5.61. The van der Waals surface area contributed by atoms with Crippen LogP contribution < -0.4 is 10.6 Å². The van der Waals surface area contributed by atoms with Gasteiger partial charge >= 0.3 is 0 Å². The standard InChI is InChI=1S/C26H24N4O/c1-18-17-19(2)28-26(27-18)30-23-15-13-22(14-16-23)29-25(31)24(20-9-5-3-6-10-20)21-11-7-4-8-12-21/h3-17,24H,1-2H3,(H,29,31)(H,27,28,30). The minimum Gasteiger partial charge on any atom is -0.325 e. The molecule has 1 heterocycles. The maximum atomic E-state index is 13.2. The largest absolute Gasteiger partial charge is 0.325 e. The summed E-state index contributed by atoms with van der Waals surface area (Å²) in [7, 11) is 0. The van der Waals surface area contributed by atoms with Crippen LogP contribution in [0.4, 0.5) is 17.3 Å². The molecule has 0 aliphatic heterocycles. The molecular weight excluding hydrogens is 384 g/mol. The molecule has 0 saturated carbocycles. The quantitative estimate of drug-likeness (QED) is 0.435. The molecule has 0 fully saturated rings. The molecule has 1 aromatic heterocycles. The molecule has 4 aromatic rings. The fourth-order valence-electron chi connectivity index (χ4n) is 3.55. The van der Waals surface area contributed by atoms with Crippen molar-refractivity contribution in [3.05, 3.63) is 114 Å². The van der Waals surface area contributed by atoms with Crippen molar-refractivity contribution in [2.45, 2.75) is 19.8 Å². The van der Waals surface area contributed by atoms with E-state index in [1.54, 1.807) is 0 Å². The minimum atomic E-state index is -0.385. The van der Waals surface area contributed by atoms with Crippen molar-refractivity contribution in [3.8, 4) is 0 Å². The van der Waals surface area contributed by atoms with E-state index in [0.717, 1.165) is 33.9 Å². The van der Waals surface area contributed by atoms with Crippen LogP contribution in [0, 0.1) is 13.8 Å². The number of carbonyl (C=O) groups is 1. The lowest BCUT2D eigenvalue weighted by molar-refractivity contribution is -0.116. The Bertz CT molecular complexity index is 1100. The second-order valence-corrected chi connectivity index (χ2v) is 7.42. The summed E-state index contributed by atoms with van der Waals surface area (Å²) in [6.45, 7) is 3.88. The third-order valence-electron chi connectivity index (χ3n) is 4.92. The normalized spacial score (nSPS) is 10.7. The molecule has 4 rings (SSSR count). The van der Waals surface area contributed by atoms with E-state index in [0.29, 0.717) is 5.95 Å². The van der Waals surface area contributed by atoms with Gasteiger partial charge in [0.1, 0.15) is 0 Å². The molecule has 1 amide bonds. The third kappa shape index (κ3) is 5.14. The highest BCUT2D eigenvalue weighted by Gasteiger charge is 2.22. The first-order valence-corrected chi connectivity index (χ1v) is 10.2. The summed E-state index contributed by atoms with van der Waals surface area (Å²) in [5, 5.41) is 6.26. The molecule has 2 N–H and O–H groups in total. The van der Waals surface area contributed by atoms with Crippen LogP contribution in [0.5, 0.6) is 0 Å². The Morgan fingerprint density at radius 3 is 1.71 bits per heavy atom. The van der Waals surface area contributed by atoms with Gasteiger partial charge in [0.15, 0.2) is 0 Å². The van der Waals surface area contributed by atoms with Gasteiger partial charge in [-0.1, -0.05) is 60.7 Å². The molecule has 0 spiro atoms. The number of carbonyl (C=O) groups excluding carboxylic acids is 1. The number of hydrogen-bond acceptors (Lipinski definition) is 4. The smallest absolute Gasteiger partial charge is 0.236 e.